The number of aryl methyl sites for hydroxylation is 2. The molecule has 4 nitrogen and oxygen atoms in total. The summed E-state index contributed by atoms with van der Waals surface area (Å²) in [7, 11) is -2.16. The maximum Gasteiger partial charge on any atom is 0.162 e. The van der Waals surface area contributed by atoms with Crippen molar-refractivity contribution in [3.8, 4) is 11.3 Å². The molecule has 53 heavy (non-hydrogen) atoms. The Morgan fingerprint density at radius 3 is 2.15 bits per heavy atom. The number of allylic oxidation sites excluding steroid dienone is 2. The van der Waals surface area contributed by atoms with Gasteiger partial charge in [0.15, 0.2) is 5.78 Å². The molecule has 1 aliphatic rings. The molecule has 2 aromatic heterocycles. The average molecular weight is 900 g/mol. The Morgan fingerprint density at radius 1 is 0.849 bits per heavy atom. The van der Waals surface area contributed by atoms with Crippen molar-refractivity contribution in [3.63, 3.8) is 0 Å². The Hall–Kier alpha value is -3.70. The van der Waals surface area contributed by atoms with Gasteiger partial charge in [0.25, 0.3) is 0 Å². The van der Waals surface area contributed by atoms with Crippen LogP contribution in [0.1, 0.15) is 90.8 Å². The van der Waals surface area contributed by atoms with E-state index in [-0.39, 0.29) is 48.9 Å². The summed E-state index contributed by atoms with van der Waals surface area (Å²) in [5.41, 5.74) is 7.20. The number of aromatic nitrogens is 2. The van der Waals surface area contributed by atoms with Crippen LogP contribution in [0.15, 0.2) is 72.6 Å². The number of hydrogen-bond donors (Lipinski definition) is 1. The Morgan fingerprint density at radius 2 is 1.51 bits per heavy atom. The quantitative estimate of drug-likeness (QED) is 0.0570. The number of pyridine rings is 2. The molecule has 0 unspecified atom stereocenters. The van der Waals surface area contributed by atoms with Gasteiger partial charge in [0.2, 0.25) is 0 Å². The van der Waals surface area contributed by atoms with Gasteiger partial charge in [-0.1, -0.05) is 131 Å². The fraction of sp³-hybridized carbons (Fsp3) is 0.383. The van der Waals surface area contributed by atoms with Gasteiger partial charge in [-0.15, -0.1) is 12.1 Å². The molecule has 1 aliphatic heterocycles. The summed E-state index contributed by atoms with van der Waals surface area (Å²) in [6.07, 6.45) is 6.88. The molecule has 1 N–H and O–H groups in total. The summed E-state index contributed by atoms with van der Waals surface area (Å²) in [5, 5.41) is 21.3. The number of fused-ring (bicyclic) bond motifs is 7. The van der Waals surface area contributed by atoms with Gasteiger partial charge in [0.1, 0.15) is 0 Å². The first-order valence-corrected chi connectivity index (χ1v) is 22.2. The summed E-state index contributed by atoms with van der Waals surface area (Å²) in [6.45, 7) is 24.2. The zero-order valence-corrected chi connectivity index (χ0v) is 36.8. The first-order valence-electron chi connectivity index (χ1n) is 19.2. The fourth-order valence-corrected chi connectivity index (χ4v) is 10.8. The van der Waals surface area contributed by atoms with E-state index in [0.717, 1.165) is 47.8 Å². The third kappa shape index (κ3) is 7.27. The second kappa shape index (κ2) is 15.6. The van der Waals surface area contributed by atoms with Crippen LogP contribution in [0.3, 0.4) is 0 Å². The molecule has 0 bridgehead atoms. The molecular weight excluding hydrogens is 845 g/mol. The third-order valence-electron chi connectivity index (χ3n) is 11.7. The van der Waals surface area contributed by atoms with Crippen LogP contribution in [0.25, 0.3) is 54.5 Å². The molecule has 0 saturated carbocycles. The Bertz CT molecular complexity index is 2380. The minimum absolute atomic E-state index is 0. The topological polar surface area (TPSA) is 63.1 Å². The minimum Gasteiger partial charge on any atom is -0.512 e. The minimum atomic E-state index is -2.16. The second-order valence-corrected chi connectivity index (χ2v) is 20.6. The average Bonchev–Trinajstić information content (AvgIpc) is 3.12. The van der Waals surface area contributed by atoms with Gasteiger partial charge < -0.3 is 10.1 Å². The predicted octanol–water partition coefficient (Wildman–Crippen LogP) is 11.5. The van der Waals surface area contributed by atoms with Crippen molar-refractivity contribution < 1.29 is 30.0 Å². The Labute approximate surface area is 330 Å². The van der Waals surface area contributed by atoms with Crippen molar-refractivity contribution in [1.29, 1.82) is 0 Å². The van der Waals surface area contributed by atoms with E-state index in [1.165, 1.54) is 65.6 Å². The third-order valence-corrected chi connectivity index (χ3v) is 15.0. The number of carbonyl (C=O) groups is 1. The molecule has 4 aromatic carbocycles. The molecule has 0 amide bonds. The first kappa shape index (κ1) is 40.5. The smallest absolute Gasteiger partial charge is 0.162 e. The van der Waals surface area contributed by atoms with Gasteiger partial charge in [-0.25, -0.2) is 0 Å². The molecule has 6 heteroatoms. The van der Waals surface area contributed by atoms with Crippen LogP contribution in [0.2, 0.25) is 13.1 Å². The van der Waals surface area contributed by atoms with Crippen molar-refractivity contribution in [2.75, 3.05) is 0 Å². The molecule has 7 rings (SSSR count). The van der Waals surface area contributed by atoms with E-state index in [9.17, 15) is 9.90 Å². The van der Waals surface area contributed by atoms with Crippen LogP contribution < -0.4 is 10.5 Å². The van der Waals surface area contributed by atoms with Crippen LogP contribution in [0.5, 0.6) is 0 Å². The Balaban J connectivity index is 0.000000290. The van der Waals surface area contributed by atoms with Crippen LogP contribution in [-0.2, 0) is 30.3 Å². The van der Waals surface area contributed by atoms with E-state index in [0.29, 0.717) is 0 Å². The maximum atomic E-state index is 11.7. The molecule has 0 spiro atoms. The zero-order valence-electron chi connectivity index (χ0n) is 33.4. The van der Waals surface area contributed by atoms with E-state index < -0.39 is 8.07 Å². The normalized spacial score (nSPS) is 13.7. The standard InChI is InChI=1S/C34H31N2Si.C13H24O2.Ir/c1-19-8-9-22-16-28-32-30-25(14-15-35-32)24-13-11-21-10-12-23(34(3,4)5)17-26(21)27(24)18-29(30)37(6,7)33(28)36-31(22)20(19)2;1-5-10(6-2)12(14)9-13(15)11(7-3)8-4;/h8-15,17-18H,1-7H3;9-11,14H,5-8H2,1-4H3;/q-1;;/b;12-9-;. The summed E-state index contributed by atoms with van der Waals surface area (Å²) in [5.74, 6) is 0.547. The summed E-state index contributed by atoms with van der Waals surface area (Å²) < 4.78 is 0. The van der Waals surface area contributed by atoms with E-state index in [1.807, 2.05) is 33.9 Å². The molecule has 0 aliphatic carbocycles. The number of nitrogens with zero attached hydrogens (tertiary/aromatic N) is 2. The number of rotatable bonds is 7. The summed E-state index contributed by atoms with van der Waals surface area (Å²) >= 11 is 0. The number of benzene rings is 4. The van der Waals surface area contributed by atoms with Crippen LogP contribution in [0, 0.1) is 31.7 Å². The Kier molecular flexibility index (Phi) is 11.9. The van der Waals surface area contributed by atoms with Crippen LogP contribution in [-0.4, -0.2) is 28.9 Å². The van der Waals surface area contributed by atoms with Crippen molar-refractivity contribution in [1.82, 2.24) is 9.97 Å². The van der Waals surface area contributed by atoms with Gasteiger partial charge in [-0.3, -0.25) is 9.78 Å². The van der Waals surface area contributed by atoms with Crippen LogP contribution >= 0.6 is 0 Å². The van der Waals surface area contributed by atoms with E-state index in [4.69, 9.17) is 9.97 Å². The van der Waals surface area contributed by atoms with Gasteiger partial charge >= 0.3 is 0 Å². The van der Waals surface area contributed by atoms with Crippen molar-refractivity contribution in [2.45, 2.75) is 107 Å². The number of carbonyl (C=O) groups excluding carboxylic acids is 1. The maximum absolute atomic E-state index is 11.7. The summed E-state index contributed by atoms with van der Waals surface area (Å²) in [4.78, 5) is 22.1. The largest absolute Gasteiger partial charge is 0.512 e. The molecule has 279 valence electrons. The molecule has 0 fully saturated rings. The predicted molar refractivity (Wildman–Crippen MR) is 225 cm³/mol. The van der Waals surface area contributed by atoms with Crippen molar-refractivity contribution in [3.05, 3.63) is 95.4 Å². The van der Waals surface area contributed by atoms with Gasteiger partial charge in [0.05, 0.1) is 13.8 Å². The number of ketones is 1. The zero-order chi connectivity index (χ0) is 37.7. The SMILES string of the molecule is CCC(CC)C(=O)/C=C(\O)C(CC)CC.Cc1ccc2[c-]c3c(nc2c1C)[Si](C)(C)c1cc2c4cc(C(C)(C)C)ccc4ccc2c2ccnc-3c12.[Ir]. The van der Waals surface area contributed by atoms with Gasteiger partial charge in [-0.05, 0) is 99.7 Å². The molecule has 0 atom stereocenters. The van der Waals surface area contributed by atoms with E-state index in [2.05, 4.69) is 108 Å². The monoisotopic (exact) mass is 900 g/mol. The number of hydrogen-bond acceptors (Lipinski definition) is 4. The van der Waals surface area contributed by atoms with Gasteiger partial charge in [0, 0.05) is 49.9 Å². The van der Waals surface area contributed by atoms with E-state index >= 15 is 0 Å². The molecule has 1 radical (unpaired) electrons. The molecule has 6 aromatic rings. The molecular formula is C47H55IrN2O2Si-. The van der Waals surface area contributed by atoms with Gasteiger partial charge in [-0.2, -0.15) is 0 Å². The van der Waals surface area contributed by atoms with Crippen molar-refractivity contribution in [2.24, 2.45) is 11.8 Å². The summed E-state index contributed by atoms with van der Waals surface area (Å²) in [6, 6.07) is 24.4. The van der Waals surface area contributed by atoms with E-state index in [1.54, 1.807) is 0 Å². The van der Waals surface area contributed by atoms with Crippen molar-refractivity contribution >= 4 is 67.6 Å². The second-order valence-electron chi connectivity index (χ2n) is 16.3. The number of aliphatic hydroxyl groups excluding tert-OH is 1. The first-order chi connectivity index (χ1) is 24.7. The van der Waals surface area contributed by atoms with Crippen LogP contribution in [0.4, 0.5) is 0 Å². The fourth-order valence-electron chi connectivity index (χ4n) is 8.00. The molecule has 3 heterocycles. The number of aliphatic hydroxyl groups is 1. The molecule has 0 saturated heterocycles.